The van der Waals surface area contributed by atoms with E-state index >= 15 is 0 Å². The van der Waals surface area contributed by atoms with Crippen molar-refractivity contribution in [2.24, 2.45) is 0 Å². The van der Waals surface area contributed by atoms with Gasteiger partial charge in [0.25, 0.3) is 0 Å². The minimum Gasteiger partial charge on any atom is -0.465 e. The van der Waals surface area contributed by atoms with Crippen molar-refractivity contribution in [2.45, 2.75) is 38.9 Å². The van der Waals surface area contributed by atoms with Gasteiger partial charge in [-0.2, -0.15) is 11.3 Å². The summed E-state index contributed by atoms with van der Waals surface area (Å²) in [7, 11) is 9.00. The van der Waals surface area contributed by atoms with E-state index in [4.69, 9.17) is 17.2 Å². The van der Waals surface area contributed by atoms with Gasteiger partial charge >= 0.3 is 13.5 Å². The highest BCUT2D eigenvalue weighted by Crippen LogP contribution is 2.35. The molecule has 1 N–H and O–H groups in total. The molecular weight excluding hydrogens is 366 g/mol. The zero-order valence-corrected chi connectivity index (χ0v) is 17.0. The summed E-state index contributed by atoms with van der Waals surface area (Å²) in [5.74, 6) is -0.383. The average Bonchev–Trinajstić information content (AvgIpc) is 3.12. The number of aliphatic hydroxyl groups is 1. The molecular formula is C18H19B2O4S2. The first-order chi connectivity index (χ1) is 12.0. The summed E-state index contributed by atoms with van der Waals surface area (Å²) < 4.78 is 14.3. The standard InChI is InChI=1S/C18H19B2O4S2/c1-17(2,22)18(3,4)24-20-13-7-9-6-11(16(21)23-5)10-8-12(19)25-15(10)14(9)26-13/h6-8,22H,1-5H3. The lowest BCUT2D eigenvalue weighted by atomic mass is 9.86. The summed E-state index contributed by atoms with van der Waals surface area (Å²) >= 11 is 3.01. The first-order valence-corrected chi connectivity index (χ1v) is 9.74. The molecule has 0 unspecified atom stereocenters. The van der Waals surface area contributed by atoms with E-state index in [0.29, 0.717) is 10.3 Å². The molecule has 0 saturated carbocycles. The Hall–Kier alpha value is -1.34. The molecule has 3 radical (unpaired) electrons. The van der Waals surface area contributed by atoms with Gasteiger partial charge in [-0.15, -0.1) is 11.3 Å². The van der Waals surface area contributed by atoms with E-state index in [0.717, 1.165) is 24.9 Å². The van der Waals surface area contributed by atoms with E-state index in [1.165, 1.54) is 18.4 Å². The van der Waals surface area contributed by atoms with Crippen LogP contribution in [0.3, 0.4) is 0 Å². The molecule has 0 fully saturated rings. The fourth-order valence-corrected chi connectivity index (χ4v) is 4.52. The molecule has 0 aliphatic rings. The number of rotatable bonds is 5. The van der Waals surface area contributed by atoms with E-state index in [9.17, 15) is 9.90 Å². The van der Waals surface area contributed by atoms with Crippen molar-refractivity contribution >= 4 is 73.7 Å². The van der Waals surface area contributed by atoms with Crippen molar-refractivity contribution in [1.82, 2.24) is 0 Å². The van der Waals surface area contributed by atoms with Gasteiger partial charge in [-0.25, -0.2) is 4.79 Å². The Balaban J connectivity index is 2.03. The van der Waals surface area contributed by atoms with Gasteiger partial charge < -0.3 is 14.5 Å². The molecule has 8 heteroatoms. The number of hydrogen-bond acceptors (Lipinski definition) is 6. The van der Waals surface area contributed by atoms with Crippen LogP contribution in [0.25, 0.3) is 20.2 Å². The Morgan fingerprint density at radius 2 is 1.85 bits per heavy atom. The maximum Gasteiger partial charge on any atom is 0.341 e. The quantitative estimate of drug-likeness (QED) is 0.542. The van der Waals surface area contributed by atoms with Crippen LogP contribution < -0.4 is 9.55 Å². The fraction of sp³-hybridized carbons (Fsp3) is 0.389. The van der Waals surface area contributed by atoms with E-state index in [1.54, 1.807) is 32.7 Å². The van der Waals surface area contributed by atoms with Crippen LogP contribution in [0.1, 0.15) is 38.1 Å². The molecule has 0 saturated heterocycles. The van der Waals surface area contributed by atoms with Gasteiger partial charge in [0.15, 0.2) is 0 Å². The predicted molar refractivity (Wildman–Crippen MR) is 111 cm³/mol. The van der Waals surface area contributed by atoms with Crippen molar-refractivity contribution in [3.8, 4) is 0 Å². The van der Waals surface area contributed by atoms with Crippen molar-refractivity contribution in [2.75, 3.05) is 7.11 Å². The van der Waals surface area contributed by atoms with Crippen molar-refractivity contribution < 1.29 is 19.3 Å². The monoisotopic (exact) mass is 385 g/mol. The van der Waals surface area contributed by atoms with Gasteiger partial charge in [0.05, 0.1) is 33.3 Å². The summed E-state index contributed by atoms with van der Waals surface area (Å²) in [5, 5.41) is 12.0. The zero-order valence-electron chi connectivity index (χ0n) is 15.4. The molecule has 0 amide bonds. The minimum absolute atomic E-state index is 0.383. The molecule has 4 nitrogen and oxygen atoms in total. The second kappa shape index (κ2) is 6.68. The van der Waals surface area contributed by atoms with E-state index in [2.05, 4.69) is 0 Å². The Bertz CT molecular complexity index is 983. The number of carbonyl (C=O) groups excluding carboxylic acids is 1. The van der Waals surface area contributed by atoms with Crippen LogP contribution in [0.4, 0.5) is 0 Å². The molecule has 133 valence electrons. The molecule has 2 aromatic heterocycles. The minimum atomic E-state index is -0.992. The molecule has 0 aliphatic heterocycles. The smallest absolute Gasteiger partial charge is 0.341 e. The molecule has 0 atom stereocenters. The SMILES string of the molecule is [B]c1cc2c(C(=O)OC)cc3cc([B]OC(C)(C)C(C)(C)O)sc3c2s1. The number of thiophene rings is 2. The maximum absolute atomic E-state index is 12.1. The van der Waals surface area contributed by atoms with Crippen LogP contribution in [0, 0.1) is 0 Å². The molecule has 0 aliphatic carbocycles. The lowest BCUT2D eigenvalue weighted by molar-refractivity contribution is -0.0892. The number of fused-ring (bicyclic) bond motifs is 3. The first-order valence-electron chi connectivity index (χ1n) is 8.11. The molecule has 1 aromatic carbocycles. The van der Waals surface area contributed by atoms with E-state index in [-0.39, 0.29) is 5.97 Å². The van der Waals surface area contributed by atoms with Gasteiger partial charge in [0, 0.05) is 10.2 Å². The number of ether oxygens (including phenoxy) is 1. The van der Waals surface area contributed by atoms with Gasteiger partial charge in [-0.3, -0.25) is 0 Å². The number of benzene rings is 1. The number of esters is 1. The third kappa shape index (κ3) is 3.43. The zero-order chi connectivity index (χ0) is 19.3. The Labute approximate surface area is 162 Å². The summed E-state index contributed by atoms with van der Waals surface area (Å²) in [6.07, 6.45) is 0. The normalized spacial score (nSPS) is 12.7. The van der Waals surface area contributed by atoms with Gasteiger partial charge in [-0.05, 0) is 50.0 Å². The highest BCUT2D eigenvalue weighted by atomic mass is 32.1. The highest BCUT2D eigenvalue weighted by Gasteiger charge is 2.36. The van der Waals surface area contributed by atoms with Gasteiger partial charge in [-0.1, -0.05) is 6.07 Å². The van der Waals surface area contributed by atoms with Crippen LogP contribution in [-0.4, -0.2) is 44.7 Å². The molecule has 3 rings (SSSR count). The number of hydrogen-bond donors (Lipinski definition) is 1. The van der Waals surface area contributed by atoms with Crippen LogP contribution in [0.5, 0.6) is 0 Å². The Kier molecular flexibility index (Phi) is 4.99. The van der Waals surface area contributed by atoms with Crippen molar-refractivity contribution in [3.63, 3.8) is 0 Å². The Morgan fingerprint density at radius 3 is 2.46 bits per heavy atom. The Morgan fingerprint density at radius 1 is 1.15 bits per heavy atom. The van der Waals surface area contributed by atoms with Crippen LogP contribution >= 0.6 is 22.7 Å². The summed E-state index contributed by atoms with van der Waals surface area (Å²) in [4.78, 5) is 12.1. The summed E-state index contributed by atoms with van der Waals surface area (Å²) in [5.41, 5.74) is -1.23. The topological polar surface area (TPSA) is 55.8 Å². The third-order valence-corrected chi connectivity index (χ3v) is 6.88. The van der Waals surface area contributed by atoms with Crippen molar-refractivity contribution in [3.05, 3.63) is 23.8 Å². The first kappa shape index (κ1) is 19.4. The second-order valence-corrected chi connectivity index (χ2v) is 9.35. The third-order valence-electron chi connectivity index (χ3n) is 4.68. The van der Waals surface area contributed by atoms with Gasteiger partial charge in [0.1, 0.15) is 7.85 Å². The molecule has 26 heavy (non-hydrogen) atoms. The molecule has 0 spiro atoms. The molecule has 0 bridgehead atoms. The lowest BCUT2D eigenvalue weighted by Gasteiger charge is -2.37. The number of methoxy groups -OCH3 is 1. The molecule has 3 aromatic rings. The van der Waals surface area contributed by atoms with Gasteiger partial charge in [0.2, 0.25) is 0 Å². The largest absolute Gasteiger partial charge is 0.465 e. The number of carbonyl (C=O) groups is 1. The van der Waals surface area contributed by atoms with E-state index in [1.807, 2.05) is 32.0 Å². The maximum atomic E-state index is 12.1. The van der Waals surface area contributed by atoms with Crippen LogP contribution in [-0.2, 0) is 9.39 Å². The van der Waals surface area contributed by atoms with Crippen LogP contribution in [0.2, 0.25) is 0 Å². The fourth-order valence-electron chi connectivity index (χ4n) is 2.41. The van der Waals surface area contributed by atoms with Crippen molar-refractivity contribution in [1.29, 1.82) is 0 Å². The molecule has 2 heterocycles. The summed E-state index contributed by atoms with van der Waals surface area (Å²) in [6.45, 7) is 7.10. The average molecular weight is 385 g/mol. The predicted octanol–water partition coefficient (Wildman–Crippen LogP) is 2.51. The lowest BCUT2D eigenvalue weighted by Crippen LogP contribution is -2.49. The van der Waals surface area contributed by atoms with E-state index < -0.39 is 11.2 Å². The summed E-state index contributed by atoms with van der Waals surface area (Å²) in [6, 6.07) is 5.59. The second-order valence-electron chi connectivity index (χ2n) is 7.18. The van der Waals surface area contributed by atoms with Crippen LogP contribution in [0.15, 0.2) is 18.2 Å². The highest BCUT2D eigenvalue weighted by molar-refractivity contribution is 7.34.